The van der Waals surface area contributed by atoms with E-state index >= 15 is 0 Å². The molecule has 0 saturated carbocycles. The van der Waals surface area contributed by atoms with Gasteiger partial charge in [-0.1, -0.05) is 42.0 Å². The Morgan fingerprint density at radius 1 is 1.35 bits per heavy atom. The zero-order valence-electron chi connectivity index (χ0n) is 11.4. The Balaban J connectivity index is 2.36. The zero-order valence-corrected chi connectivity index (χ0v) is 12.2. The van der Waals surface area contributed by atoms with Crippen LogP contribution in [-0.4, -0.2) is 12.5 Å². The van der Waals surface area contributed by atoms with Crippen LogP contribution in [0.3, 0.4) is 0 Å². The summed E-state index contributed by atoms with van der Waals surface area (Å²) in [5, 5.41) is 4.81. The van der Waals surface area contributed by atoms with Crippen LogP contribution >= 0.6 is 11.3 Å². The highest BCUT2D eigenvalue weighted by Crippen LogP contribution is 2.23. The van der Waals surface area contributed by atoms with E-state index in [1.165, 1.54) is 5.56 Å². The molecule has 1 N–H and O–H groups in total. The first-order valence-corrected chi connectivity index (χ1v) is 7.30. The summed E-state index contributed by atoms with van der Waals surface area (Å²) in [5.41, 5.74) is 2.89. The van der Waals surface area contributed by atoms with Gasteiger partial charge < -0.3 is 5.32 Å². The summed E-state index contributed by atoms with van der Waals surface area (Å²) < 4.78 is 0. The Kier molecular flexibility index (Phi) is 4.91. The maximum absolute atomic E-state index is 12.3. The molecule has 1 aromatic heterocycles. The predicted molar refractivity (Wildman–Crippen MR) is 86.6 cm³/mol. The van der Waals surface area contributed by atoms with E-state index < -0.39 is 0 Å². The van der Waals surface area contributed by atoms with Crippen molar-refractivity contribution in [3.05, 3.63) is 70.4 Å². The molecule has 0 bridgehead atoms. The molecule has 0 atom stereocenters. The average Bonchev–Trinajstić information content (AvgIpc) is 2.96. The first-order valence-electron chi connectivity index (χ1n) is 6.42. The minimum atomic E-state index is -0.0751. The van der Waals surface area contributed by atoms with Gasteiger partial charge in [-0.05, 0) is 30.0 Å². The van der Waals surface area contributed by atoms with Crippen molar-refractivity contribution in [3.8, 4) is 0 Å². The van der Waals surface area contributed by atoms with Gasteiger partial charge in [0.05, 0.1) is 5.57 Å². The molecule has 1 aromatic carbocycles. The van der Waals surface area contributed by atoms with Gasteiger partial charge >= 0.3 is 0 Å². The van der Waals surface area contributed by atoms with Gasteiger partial charge in [0, 0.05) is 11.4 Å². The fourth-order valence-electron chi connectivity index (χ4n) is 1.87. The quantitative estimate of drug-likeness (QED) is 0.654. The van der Waals surface area contributed by atoms with E-state index in [-0.39, 0.29) is 5.91 Å². The molecular formula is C17H17NOS. The molecular weight excluding hydrogens is 266 g/mol. The number of carbonyl (C=O) groups excluding carboxylic acids is 1. The van der Waals surface area contributed by atoms with Gasteiger partial charge in [0.2, 0.25) is 0 Å². The van der Waals surface area contributed by atoms with Crippen LogP contribution in [-0.2, 0) is 4.79 Å². The van der Waals surface area contributed by atoms with Crippen LogP contribution in [0, 0.1) is 6.92 Å². The molecule has 0 aliphatic carbocycles. The van der Waals surface area contributed by atoms with Crippen LogP contribution in [0.1, 0.15) is 16.0 Å². The molecule has 2 aromatic rings. The summed E-state index contributed by atoms with van der Waals surface area (Å²) in [5.74, 6) is -0.0751. The summed E-state index contributed by atoms with van der Waals surface area (Å²) in [4.78, 5) is 13.2. The van der Waals surface area contributed by atoms with E-state index in [2.05, 4.69) is 18.0 Å². The highest BCUT2D eigenvalue weighted by atomic mass is 32.1. The van der Waals surface area contributed by atoms with Crippen molar-refractivity contribution >= 4 is 28.9 Å². The van der Waals surface area contributed by atoms with E-state index in [9.17, 15) is 4.79 Å². The van der Waals surface area contributed by atoms with E-state index in [4.69, 9.17) is 0 Å². The average molecular weight is 283 g/mol. The second kappa shape index (κ2) is 6.87. The molecule has 1 amide bonds. The van der Waals surface area contributed by atoms with Crippen molar-refractivity contribution in [3.63, 3.8) is 0 Å². The minimum absolute atomic E-state index is 0.0751. The number of hydrogen-bond donors (Lipinski definition) is 1. The molecule has 3 heteroatoms. The molecule has 0 spiro atoms. The Morgan fingerprint density at radius 2 is 2.20 bits per heavy atom. The third-order valence-electron chi connectivity index (χ3n) is 2.79. The van der Waals surface area contributed by atoms with Crippen molar-refractivity contribution in [2.75, 3.05) is 6.54 Å². The van der Waals surface area contributed by atoms with Crippen molar-refractivity contribution in [2.24, 2.45) is 0 Å². The number of nitrogens with one attached hydrogen (secondary N) is 1. The monoisotopic (exact) mass is 283 g/mol. The van der Waals surface area contributed by atoms with Gasteiger partial charge in [0.25, 0.3) is 5.91 Å². The molecule has 1 heterocycles. The molecule has 0 saturated heterocycles. The lowest BCUT2D eigenvalue weighted by molar-refractivity contribution is -0.115. The van der Waals surface area contributed by atoms with Crippen molar-refractivity contribution in [2.45, 2.75) is 6.92 Å². The molecule has 2 nitrogen and oxygen atoms in total. The summed E-state index contributed by atoms with van der Waals surface area (Å²) in [6, 6.07) is 12.0. The van der Waals surface area contributed by atoms with Gasteiger partial charge in [0.1, 0.15) is 0 Å². The lowest BCUT2D eigenvalue weighted by Gasteiger charge is -2.06. The van der Waals surface area contributed by atoms with Crippen LogP contribution in [0.25, 0.3) is 11.6 Å². The molecule has 0 radical (unpaired) electrons. The minimum Gasteiger partial charge on any atom is -0.349 e. The van der Waals surface area contributed by atoms with Crippen LogP contribution in [0.5, 0.6) is 0 Å². The molecule has 102 valence electrons. The maximum Gasteiger partial charge on any atom is 0.252 e. The fourth-order valence-corrected chi connectivity index (χ4v) is 2.61. The third kappa shape index (κ3) is 3.68. The van der Waals surface area contributed by atoms with Crippen LogP contribution in [0.15, 0.2) is 54.4 Å². The van der Waals surface area contributed by atoms with Crippen LogP contribution in [0.2, 0.25) is 0 Å². The second-order valence-corrected chi connectivity index (χ2v) is 5.40. The summed E-state index contributed by atoms with van der Waals surface area (Å²) in [7, 11) is 0. The molecule has 0 aliphatic heterocycles. The van der Waals surface area contributed by atoms with E-state index in [1.807, 2.05) is 48.7 Å². The van der Waals surface area contributed by atoms with Crippen LogP contribution in [0.4, 0.5) is 0 Å². The number of carbonyl (C=O) groups is 1. The Labute approximate surface area is 123 Å². The highest BCUT2D eigenvalue weighted by Gasteiger charge is 2.12. The molecule has 0 fully saturated rings. The van der Waals surface area contributed by atoms with Crippen LogP contribution < -0.4 is 5.32 Å². The Morgan fingerprint density at radius 3 is 2.85 bits per heavy atom. The number of thiophene rings is 1. The van der Waals surface area contributed by atoms with E-state index in [1.54, 1.807) is 17.4 Å². The Bertz CT molecular complexity index is 626. The number of hydrogen-bond acceptors (Lipinski definition) is 2. The van der Waals surface area contributed by atoms with E-state index in [0.29, 0.717) is 12.1 Å². The summed E-state index contributed by atoms with van der Waals surface area (Å²) in [6.45, 7) is 6.13. The lowest BCUT2D eigenvalue weighted by atomic mass is 10.1. The van der Waals surface area contributed by atoms with Crippen molar-refractivity contribution in [1.29, 1.82) is 0 Å². The number of aryl methyl sites for hydroxylation is 1. The SMILES string of the molecule is C=CCNC(=O)C(=Cc1cccc(C)c1)c1cccs1. The van der Waals surface area contributed by atoms with Crippen molar-refractivity contribution in [1.82, 2.24) is 5.32 Å². The topological polar surface area (TPSA) is 29.1 Å². The van der Waals surface area contributed by atoms with Crippen molar-refractivity contribution < 1.29 is 4.79 Å². The molecule has 0 unspecified atom stereocenters. The highest BCUT2D eigenvalue weighted by molar-refractivity contribution is 7.11. The summed E-state index contributed by atoms with van der Waals surface area (Å²) >= 11 is 1.56. The van der Waals surface area contributed by atoms with Gasteiger partial charge in [-0.2, -0.15) is 0 Å². The predicted octanol–water partition coefficient (Wildman–Crippen LogP) is 3.90. The second-order valence-electron chi connectivity index (χ2n) is 4.45. The standard InChI is InChI=1S/C17H17NOS/c1-3-9-18-17(19)15(16-8-5-10-20-16)12-14-7-4-6-13(2)11-14/h3-8,10-12H,1,9H2,2H3,(H,18,19). The van der Waals surface area contributed by atoms with Gasteiger partial charge in [0.15, 0.2) is 0 Å². The summed E-state index contributed by atoms with van der Waals surface area (Å²) in [6.07, 6.45) is 3.61. The largest absolute Gasteiger partial charge is 0.349 e. The number of benzene rings is 1. The molecule has 0 aliphatic rings. The number of rotatable bonds is 5. The van der Waals surface area contributed by atoms with Gasteiger partial charge in [-0.3, -0.25) is 4.79 Å². The first-order chi connectivity index (χ1) is 9.70. The van der Waals surface area contributed by atoms with E-state index in [0.717, 1.165) is 10.4 Å². The fraction of sp³-hybridized carbons (Fsp3) is 0.118. The zero-order chi connectivity index (χ0) is 14.4. The first kappa shape index (κ1) is 14.3. The number of amides is 1. The lowest BCUT2D eigenvalue weighted by Crippen LogP contribution is -2.23. The smallest absolute Gasteiger partial charge is 0.252 e. The third-order valence-corrected chi connectivity index (χ3v) is 3.69. The van der Waals surface area contributed by atoms with Gasteiger partial charge in [-0.25, -0.2) is 0 Å². The molecule has 2 rings (SSSR count). The van der Waals surface area contributed by atoms with Gasteiger partial charge in [-0.15, -0.1) is 17.9 Å². The normalized spacial score (nSPS) is 11.2. The molecule has 20 heavy (non-hydrogen) atoms. The maximum atomic E-state index is 12.3. The Hall–Kier alpha value is -2.13.